The molecule has 3 amide bonds. The predicted molar refractivity (Wildman–Crippen MR) is 149 cm³/mol. The third-order valence-corrected chi connectivity index (χ3v) is 5.79. The maximum atomic E-state index is 12.7. The Kier molecular flexibility index (Phi) is 7.93. The van der Waals surface area contributed by atoms with Crippen molar-refractivity contribution in [1.29, 1.82) is 0 Å². The van der Waals surface area contributed by atoms with Crippen molar-refractivity contribution in [2.45, 2.75) is 6.92 Å². The Hall–Kier alpha value is -5.24. The second-order valence-corrected chi connectivity index (χ2v) is 8.48. The van der Waals surface area contributed by atoms with Crippen LogP contribution in [-0.4, -0.2) is 30.6 Å². The van der Waals surface area contributed by atoms with Crippen LogP contribution in [0.25, 0.3) is 0 Å². The highest BCUT2D eigenvalue weighted by molar-refractivity contribution is 6.08. The van der Waals surface area contributed by atoms with Gasteiger partial charge in [0.2, 0.25) is 0 Å². The Labute approximate surface area is 220 Å². The first-order valence-electron chi connectivity index (χ1n) is 11.9. The van der Waals surface area contributed by atoms with Gasteiger partial charge in [0.05, 0.1) is 0 Å². The zero-order valence-corrected chi connectivity index (χ0v) is 20.9. The minimum absolute atomic E-state index is 0.0670. The van der Waals surface area contributed by atoms with Crippen molar-refractivity contribution < 1.29 is 19.2 Å². The van der Waals surface area contributed by atoms with Crippen LogP contribution in [0.4, 0.5) is 22.7 Å². The summed E-state index contributed by atoms with van der Waals surface area (Å²) in [7, 11) is 1.82. The molecular weight excluding hydrogens is 480 g/mol. The number of amides is 3. The maximum Gasteiger partial charge on any atom is 0.255 e. The molecule has 0 spiro atoms. The molecule has 8 heteroatoms. The summed E-state index contributed by atoms with van der Waals surface area (Å²) >= 11 is 0. The first-order valence-corrected chi connectivity index (χ1v) is 11.9. The third kappa shape index (κ3) is 6.50. The number of rotatable bonds is 8. The molecule has 8 nitrogen and oxygen atoms in total. The molecule has 0 unspecified atom stereocenters. The minimum Gasteiger partial charge on any atom is -0.388 e. The second kappa shape index (κ2) is 11.7. The molecule has 0 heterocycles. The van der Waals surface area contributed by atoms with Crippen LogP contribution < -0.4 is 21.3 Å². The Bertz CT molecular complexity index is 1460. The van der Waals surface area contributed by atoms with Crippen LogP contribution in [0.3, 0.4) is 0 Å². The first-order chi connectivity index (χ1) is 18.3. The highest BCUT2D eigenvalue weighted by atomic mass is 16.2. The van der Waals surface area contributed by atoms with Crippen LogP contribution in [-0.2, 0) is 0 Å². The van der Waals surface area contributed by atoms with E-state index in [-0.39, 0.29) is 23.5 Å². The van der Waals surface area contributed by atoms with E-state index in [2.05, 4.69) is 21.3 Å². The van der Waals surface area contributed by atoms with Crippen molar-refractivity contribution in [2.24, 2.45) is 0 Å². The highest BCUT2D eigenvalue weighted by Gasteiger charge is 2.11. The van der Waals surface area contributed by atoms with Crippen molar-refractivity contribution in [3.8, 4) is 0 Å². The molecule has 0 radical (unpaired) electrons. The Morgan fingerprint density at radius 1 is 0.421 bits per heavy atom. The van der Waals surface area contributed by atoms with E-state index in [4.69, 9.17) is 0 Å². The molecule has 4 aromatic rings. The van der Waals surface area contributed by atoms with E-state index in [1.54, 1.807) is 84.9 Å². The molecule has 4 N–H and O–H groups in total. The maximum absolute atomic E-state index is 12.7. The quantitative estimate of drug-likeness (QED) is 0.229. The molecule has 0 aromatic heterocycles. The zero-order chi connectivity index (χ0) is 27.1. The molecule has 0 aliphatic heterocycles. The Morgan fingerprint density at radius 3 is 0.947 bits per heavy atom. The van der Waals surface area contributed by atoms with E-state index in [9.17, 15) is 19.2 Å². The Balaban J connectivity index is 1.32. The zero-order valence-electron chi connectivity index (χ0n) is 20.9. The molecule has 4 aromatic carbocycles. The lowest BCUT2D eigenvalue weighted by Crippen LogP contribution is -2.14. The number of nitrogens with one attached hydrogen (secondary N) is 4. The largest absolute Gasteiger partial charge is 0.388 e. The lowest BCUT2D eigenvalue weighted by molar-refractivity contribution is 0.100. The number of carbonyl (C=O) groups is 4. The molecule has 0 saturated carbocycles. The van der Waals surface area contributed by atoms with Gasteiger partial charge >= 0.3 is 0 Å². The number of ketones is 1. The molecule has 0 aliphatic rings. The summed E-state index contributed by atoms with van der Waals surface area (Å²) < 4.78 is 0. The standard InChI is InChI=1S/C30H26N4O4/c1-19(35)20-3-5-21(6-4-20)28(36)33-26-15-17-27(18-16-26)34-30(38)23-9-7-22(8-10-23)29(37)32-25-13-11-24(31-2)12-14-25/h3-18,31H,1-2H3,(H,32,37)(H,33,36)(H,34,38). The van der Waals surface area contributed by atoms with Gasteiger partial charge in [-0.1, -0.05) is 12.1 Å². The molecule has 0 aliphatic carbocycles. The van der Waals surface area contributed by atoms with E-state index >= 15 is 0 Å². The molecular formula is C30H26N4O4. The highest BCUT2D eigenvalue weighted by Crippen LogP contribution is 2.18. The molecule has 38 heavy (non-hydrogen) atoms. The molecule has 0 fully saturated rings. The van der Waals surface area contributed by atoms with Crippen molar-refractivity contribution >= 4 is 46.3 Å². The second-order valence-electron chi connectivity index (χ2n) is 8.48. The number of carbonyl (C=O) groups excluding carboxylic acids is 4. The van der Waals surface area contributed by atoms with E-state index in [0.717, 1.165) is 5.69 Å². The fraction of sp³-hybridized carbons (Fsp3) is 0.0667. The molecule has 190 valence electrons. The number of benzene rings is 4. The summed E-state index contributed by atoms with van der Waals surface area (Å²) in [5.41, 5.74) is 4.49. The van der Waals surface area contributed by atoms with Gasteiger partial charge in [-0.2, -0.15) is 0 Å². The number of hydrogen-bond acceptors (Lipinski definition) is 5. The number of hydrogen-bond donors (Lipinski definition) is 4. The van der Waals surface area contributed by atoms with Crippen LogP contribution >= 0.6 is 0 Å². The average Bonchev–Trinajstić information content (AvgIpc) is 2.94. The lowest BCUT2D eigenvalue weighted by Gasteiger charge is -2.09. The fourth-order valence-corrected chi connectivity index (χ4v) is 3.60. The lowest BCUT2D eigenvalue weighted by atomic mass is 10.1. The third-order valence-electron chi connectivity index (χ3n) is 5.79. The smallest absolute Gasteiger partial charge is 0.255 e. The summed E-state index contributed by atoms with van der Waals surface area (Å²) in [4.78, 5) is 49.0. The van der Waals surface area contributed by atoms with E-state index in [1.165, 1.54) is 6.92 Å². The van der Waals surface area contributed by atoms with Gasteiger partial charge in [0, 0.05) is 52.1 Å². The fourth-order valence-electron chi connectivity index (χ4n) is 3.60. The van der Waals surface area contributed by atoms with Crippen LogP contribution in [0.15, 0.2) is 97.1 Å². The van der Waals surface area contributed by atoms with E-state index in [0.29, 0.717) is 39.3 Å². The summed E-state index contributed by atoms with van der Waals surface area (Å²) in [6, 6.07) is 26.8. The van der Waals surface area contributed by atoms with Crippen LogP contribution in [0, 0.1) is 0 Å². The molecule has 4 rings (SSSR count). The normalized spacial score (nSPS) is 10.3. The SMILES string of the molecule is CNc1ccc(NC(=O)c2ccc(C(=O)Nc3ccc(NC(=O)c4ccc(C(C)=O)cc4)cc3)cc2)cc1. The van der Waals surface area contributed by atoms with E-state index < -0.39 is 0 Å². The van der Waals surface area contributed by atoms with Gasteiger partial charge in [-0.05, 0) is 91.9 Å². The van der Waals surface area contributed by atoms with Crippen LogP contribution in [0.5, 0.6) is 0 Å². The monoisotopic (exact) mass is 506 g/mol. The van der Waals surface area contributed by atoms with Crippen molar-refractivity contribution in [3.63, 3.8) is 0 Å². The van der Waals surface area contributed by atoms with Gasteiger partial charge in [-0.15, -0.1) is 0 Å². The van der Waals surface area contributed by atoms with Crippen LogP contribution in [0.1, 0.15) is 48.4 Å². The molecule has 0 bridgehead atoms. The van der Waals surface area contributed by atoms with E-state index in [1.807, 2.05) is 19.2 Å². The summed E-state index contributed by atoms with van der Waals surface area (Å²) in [6.45, 7) is 1.47. The summed E-state index contributed by atoms with van der Waals surface area (Å²) in [6.07, 6.45) is 0. The van der Waals surface area contributed by atoms with Crippen molar-refractivity contribution in [2.75, 3.05) is 28.3 Å². The minimum atomic E-state index is -0.332. The van der Waals surface area contributed by atoms with Crippen molar-refractivity contribution in [3.05, 3.63) is 119 Å². The van der Waals surface area contributed by atoms with Gasteiger partial charge in [-0.25, -0.2) is 0 Å². The topological polar surface area (TPSA) is 116 Å². The summed E-state index contributed by atoms with van der Waals surface area (Å²) in [5.74, 6) is -0.984. The van der Waals surface area contributed by atoms with Gasteiger partial charge in [-0.3, -0.25) is 19.2 Å². The first kappa shape index (κ1) is 25.8. The predicted octanol–water partition coefficient (Wildman–Crippen LogP) is 5.69. The molecule has 0 saturated heterocycles. The van der Waals surface area contributed by atoms with Gasteiger partial charge < -0.3 is 21.3 Å². The average molecular weight is 507 g/mol. The number of anilines is 4. The summed E-state index contributed by atoms with van der Waals surface area (Å²) in [5, 5.41) is 11.4. The van der Waals surface area contributed by atoms with Gasteiger partial charge in [0.1, 0.15) is 0 Å². The van der Waals surface area contributed by atoms with Gasteiger partial charge in [0.15, 0.2) is 5.78 Å². The van der Waals surface area contributed by atoms with Crippen LogP contribution in [0.2, 0.25) is 0 Å². The number of Topliss-reactive ketones (excluding diaryl/α,β-unsaturated/α-hetero) is 1. The van der Waals surface area contributed by atoms with Gasteiger partial charge in [0.25, 0.3) is 17.7 Å². The Morgan fingerprint density at radius 2 is 0.684 bits per heavy atom. The molecule has 0 atom stereocenters. The van der Waals surface area contributed by atoms with Crippen molar-refractivity contribution in [1.82, 2.24) is 0 Å².